The van der Waals surface area contributed by atoms with Crippen molar-refractivity contribution in [1.82, 2.24) is 14.7 Å². The average molecular weight is 242 g/mol. The molecule has 2 N–H and O–H groups in total. The molecule has 0 aliphatic carbocycles. The minimum absolute atomic E-state index is 0.0106. The fourth-order valence-electron chi connectivity index (χ4n) is 1.75. The van der Waals surface area contributed by atoms with Gasteiger partial charge in [-0.1, -0.05) is 0 Å². The van der Waals surface area contributed by atoms with Gasteiger partial charge in [0.15, 0.2) is 0 Å². The maximum Gasteiger partial charge on any atom is 0.239 e. The summed E-state index contributed by atoms with van der Waals surface area (Å²) in [4.78, 5) is 28.6. The van der Waals surface area contributed by atoms with Gasteiger partial charge >= 0.3 is 0 Å². The van der Waals surface area contributed by atoms with Crippen molar-refractivity contribution in [3.63, 3.8) is 0 Å². The SMILES string of the molecule is C[C@@H](N)C(=O)N1CCN(CC(=O)N(C)C)CC1. The van der Waals surface area contributed by atoms with Crippen molar-refractivity contribution in [2.75, 3.05) is 46.8 Å². The highest BCUT2D eigenvalue weighted by Gasteiger charge is 2.24. The topological polar surface area (TPSA) is 69.9 Å². The number of carbonyl (C=O) groups is 2. The summed E-state index contributed by atoms with van der Waals surface area (Å²) in [5.74, 6) is 0.0838. The lowest BCUT2D eigenvalue weighted by molar-refractivity contribution is -0.135. The molecule has 0 aromatic rings. The molecule has 17 heavy (non-hydrogen) atoms. The Kier molecular flexibility index (Phi) is 4.89. The lowest BCUT2D eigenvalue weighted by atomic mass is 10.2. The van der Waals surface area contributed by atoms with Crippen LogP contribution in [0.3, 0.4) is 0 Å². The Bertz CT molecular complexity index is 283. The lowest BCUT2D eigenvalue weighted by Gasteiger charge is -2.35. The highest BCUT2D eigenvalue weighted by molar-refractivity contribution is 5.81. The first-order valence-corrected chi connectivity index (χ1v) is 5.88. The summed E-state index contributed by atoms with van der Waals surface area (Å²) in [6.45, 7) is 4.90. The third kappa shape index (κ3) is 3.98. The predicted molar refractivity (Wildman–Crippen MR) is 65.4 cm³/mol. The van der Waals surface area contributed by atoms with Gasteiger partial charge in [-0.3, -0.25) is 14.5 Å². The quantitative estimate of drug-likeness (QED) is 0.658. The average Bonchev–Trinajstić information content (AvgIpc) is 2.28. The second-order valence-corrected chi connectivity index (χ2v) is 4.68. The number of rotatable bonds is 3. The van der Waals surface area contributed by atoms with E-state index >= 15 is 0 Å². The fraction of sp³-hybridized carbons (Fsp3) is 0.818. The summed E-state index contributed by atoms with van der Waals surface area (Å²) in [6.07, 6.45) is 0. The molecule has 1 aliphatic heterocycles. The van der Waals surface area contributed by atoms with Crippen LogP contribution in [0.15, 0.2) is 0 Å². The molecular formula is C11H22N4O2. The summed E-state index contributed by atoms with van der Waals surface area (Å²) in [7, 11) is 3.50. The van der Waals surface area contributed by atoms with Crippen LogP contribution in [0.4, 0.5) is 0 Å². The van der Waals surface area contributed by atoms with Crippen molar-refractivity contribution >= 4 is 11.8 Å². The number of carbonyl (C=O) groups excluding carboxylic acids is 2. The highest BCUT2D eigenvalue weighted by atomic mass is 16.2. The lowest BCUT2D eigenvalue weighted by Crippen LogP contribution is -2.53. The summed E-state index contributed by atoms with van der Waals surface area (Å²) >= 11 is 0. The maximum atomic E-state index is 11.6. The Morgan fingerprint density at radius 3 is 2.18 bits per heavy atom. The monoisotopic (exact) mass is 242 g/mol. The Morgan fingerprint density at radius 1 is 1.24 bits per heavy atom. The molecule has 0 radical (unpaired) electrons. The maximum absolute atomic E-state index is 11.6. The summed E-state index contributed by atoms with van der Waals surface area (Å²) in [5, 5.41) is 0. The molecule has 1 fully saturated rings. The van der Waals surface area contributed by atoms with Gasteiger partial charge in [0.1, 0.15) is 0 Å². The van der Waals surface area contributed by atoms with Crippen LogP contribution in [-0.4, -0.2) is 79.4 Å². The van der Waals surface area contributed by atoms with Gasteiger partial charge in [0, 0.05) is 40.3 Å². The van der Waals surface area contributed by atoms with Gasteiger partial charge in [0.2, 0.25) is 11.8 Å². The largest absolute Gasteiger partial charge is 0.348 e. The molecule has 0 saturated carbocycles. The second kappa shape index (κ2) is 5.97. The number of nitrogens with two attached hydrogens (primary N) is 1. The van der Waals surface area contributed by atoms with Crippen LogP contribution in [0.25, 0.3) is 0 Å². The molecule has 1 rings (SSSR count). The van der Waals surface area contributed by atoms with E-state index in [2.05, 4.69) is 4.90 Å². The molecule has 1 heterocycles. The highest BCUT2D eigenvalue weighted by Crippen LogP contribution is 2.03. The van der Waals surface area contributed by atoms with Gasteiger partial charge in [-0.15, -0.1) is 0 Å². The fourth-order valence-corrected chi connectivity index (χ4v) is 1.75. The van der Waals surface area contributed by atoms with E-state index < -0.39 is 6.04 Å². The third-order valence-corrected chi connectivity index (χ3v) is 2.93. The zero-order valence-corrected chi connectivity index (χ0v) is 10.8. The first-order valence-electron chi connectivity index (χ1n) is 5.88. The molecule has 1 atom stereocenters. The van der Waals surface area contributed by atoms with Crippen molar-refractivity contribution in [2.45, 2.75) is 13.0 Å². The molecule has 98 valence electrons. The van der Waals surface area contributed by atoms with E-state index in [4.69, 9.17) is 5.73 Å². The van der Waals surface area contributed by atoms with E-state index in [1.54, 1.807) is 30.8 Å². The van der Waals surface area contributed by atoms with Crippen molar-refractivity contribution in [3.8, 4) is 0 Å². The minimum atomic E-state index is -0.440. The van der Waals surface area contributed by atoms with Crippen molar-refractivity contribution in [2.24, 2.45) is 5.73 Å². The molecule has 0 aromatic carbocycles. The molecular weight excluding hydrogens is 220 g/mol. The van der Waals surface area contributed by atoms with Crippen molar-refractivity contribution in [3.05, 3.63) is 0 Å². The van der Waals surface area contributed by atoms with Crippen LogP contribution in [0.2, 0.25) is 0 Å². The Balaban J connectivity index is 2.36. The number of hydrogen-bond acceptors (Lipinski definition) is 4. The van der Waals surface area contributed by atoms with E-state index in [9.17, 15) is 9.59 Å². The molecule has 6 nitrogen and oxygen atoms in total. The minimum Gasteiger partial charge on any atom is -0.348 e. The van der Waals surface area contributed by atoms with E-state index in [0.717, 1.165) is 13.1 Å². The molecule has 0 aromatic heterocycles. The number of nitrogens with zero attached hydrogens (tertiary/aromatic N) is 3. The zero-order valence-electron chi connectivity index (χ0n) is 10.8. The van der Waals surface area contributed by atoms with Gasteiger partial charge in [-0.05, 0) is 6.92 Å². The second-order valence-electron chi connectivity index (χ2n) is 4.68. The molecule has 1 saturated heterocycles. The van der Waals surface area contributed by atoms with Crippen LogP contribution >= 0.6 is 0 Å². The van der Waals surface area contributed by atoms with Gasteiger partial charge < -0.3 is 15.5 Å². The first-order chi connectivity index (χ1) is 7.91. The third-order valence-electron chi connectivity index (χ3n) is 2.93. The van der Waals surface area contributed by atoms with Gasteiger partial charge in [-0.25, -0.2) is 0 Å². The Morgan fingerprint density at radius 2 is 1.76 bits per heavy atom. The van der Waals surface area contributed by atoms with E-state index in [1.807, 2.05) is 0 Å². The zero-order chi connectivity index (χ0) is 13.0. The first kappa shape index (κ1) is 13.9. The Labute approximate surface area is 102 Å². The van der Waals surface area contributed by atoms with Crippen LogP contribution in [-0.2, 0) is 9.59 Å². The van der Waals surface area contributed by atoms with E-state index in [-0.39, 0.29) is 11.8 Å². The molecule has 0 spiro atoms. The summed E-state index contributed by atoms with van der Waals surface area (Å²) in [5.41, 5.74) is 5.56. The smallest absolute Gasteiger partial charge is 0.239 e. The number of amides is 2. The number of likely N-dealkylation sites (N-methyl/N-ethyl adjacent to an activating group) is 1. The van der Waals surface area contributed by atoms with Crippen molar-refractivity contribution < 1.29 is 9.59 Å². The molecule has 1 aliphatic rings. The van der Waals surface area contributed by atoms with Crippen LogP contribution < -0.4 is 5.73 Å². The van der Waals surface area contributed by atoms with E-state index in [1.165, 1.54) is 0 Å². The van der Waals surface area contributed by atoms with Gasteiger partial charge in [0.05, 0.1) is 12.6 Å². The Hall–Kier alpha value is -1.14. The van der Waals surface area contributed by atoms with Crippen LogP contribution in [0, 0.1) is 0 Å². The van der Waals surface area contributed by atoms with Crippen LogP contribution in [0.5, 0.6) is 0 Å². The summed E-state index contributed by atoms with van der Waals surface area (Å²) < 4.78 is 0. The number of hydrogen-bond donors (Lipinski definition) is 1. The van der Waals surface area contributed by atoms with E-state index in [0.29, 0.717) is 19.6 Å². The summed E-state index contributed by atoms with van der Waals surface area (Å²) in [6, 6.07) is -0.440. The van der Waals surface area contributed by atoms with Gasteiger partial charge in [0.25, 0.3) is 0 Å². The van der Waals surface area contributed by atoms with Gasteiger partial charge in [-0.2, -0.15) is 0 Å². The molecule has 6 heteroatoms. The molecule has 2 amide bonds. The predicted octanol–water partition coefficient (Wildman–Crippen LogP) is -1.43. The van der Waals surface area contributed by atoms with Crippen molar-refractivity contribution in [1.29, 1.82) is 0 Å². The number of piperazine rings is 1. The standard InChI is InChI=1S/C11H22N4O2/c1-9(12)11(17)15-6-4-14(5-7-15)8-10(16)13(2)3/h9H,4-8,12H2,1-3H3/t9-/m1/s1. The molecule has 0 unspecified atom stereocenters. The van der Waals surface area contributed by atoms with Crippen LogP contribution in [0.1, 0.15) is 6.92 Å². The molecule has 0 bridgehead atoms. The normalized spacial score (nSPS) is 18.9.